The number of aryl methyl sites for hydroxylation is 2. The van der Waals surface area contributed by atoms with Gasteiger partial charge in [0, 0.05) is 42.3 Å². The van der Waals surface area contributed by atoms with E-state index >= 15 is 0 Å². The zero-order valence-corrected chi connectivity index (χ0v) is 31.0. The van der Waals surface area contributed by atoms with Crippen LogP contribution in [-0.2, 0) is 20.7 Å². The van der Waals surface area contributed by atoms with Gasteiger partial charge in [-0.05, 0) is 67.5 Å². The number of anilines is 1. The van der Waals surface area contributed by atoms with Gasteiger partial charge < -0.3 is 4.74 Å². The number of nitro benzene ring substituents is 1. The lowest BCUT2D eigenvalue weighted by Gasteiger charge is -2.28. The largest absolute Gasteiger partial charge is 0.454 e. The van der Waals surface area contributed by atoms with Gasteiger partial charge in [-0.2, -0.15) is 0 Å². The van der Waals surface area contributed by atoms with Crippen LogP contribution < -0.4 is 4.90 Å². The topological polar surface area (TPSA) is 137 Å². The highest BCUT2D eigenvalue weighted by atomic mass is 79.9. The second-order valence-electron chi connectivity index (χ2n) is 12.7. The minimum absolute atomic E-state index is 0.0618. The molecule has 2 bridgehead atoms. The number of benzene rings is 3. The Hall–Kier alpha value is -3.81. The number of carbonyl (C=O) groups excluding carboxylic acids is 4. The van der Waals surface area contributed by atoms with E-state index in [-0.39, 0.29) is 62.0 Å². The van der Waals surface area contributed by atoms with Gasteiger partial charge in [0.1, 0.15) is 0 Å². The number of carbonyl (C=O) groups is 4. The summed E-state index contributed by atoms with van der Waals surface area (Å²) in [4.78, 5) is 71.0. The highest BCUT2D eigenvalue weighted by Crippen LogP contribution is 2.60. The van der Waals surface area contributed by atoms with E-state index in [1.54, 1.807) is 43.3 Å². The number of rotatable bonds is 8. The average molecular weight is 854 g/mol. The van der Waals surface area contributed by atoms with Gasteiger partial charge in [0.15, 0.2) is 6.61 Å². The molecule has 7 rings (SSSR count). The fourth-order valence-electron chi connectivity index (χ4n) is 7.60. The summed E-state index contributed by atoms with van der Waals surface area (Å²) in [6.45, 7) is 2.93. The normalized spacial score (nSPS) is 24.1. The minimum Gasteiger partial charge on any atom is -0.454 e. The van der Waals surface area contributed by atoms with Crippen LogP contribution >= 0.6 is 47.8 Å². The highest BCUT2D eigenvalue weighted by Gasteiger charge is 2.66. The zero-order chi connectivity index (χ0) is 34.9. The van der Waals surface area contributed by atoms with Gasteiger partial charge in [-0.15, -0.1) is 0 Å². The lowest BCUT2D eigenvalue weighted by atomic mass is 9.81. The van der Waals surface area contributed by atoms with Crippen molar-refractivity contribution in [1.29, 1.82) is 0 Å². The van der Waals surface area contributed by atoms with Crippen molar-refractivity contribution in [3.8, 4) is 11.3 Å². The molecule has 4 aromatic rings. The molecule has 2 saturated carbocycles. The molecule has 6 atom stereocenters. The summed E-state index contributed by atoms with van der Waals surface area (Å²) in [5, 5.41) is 11.9. The van der Waals surface area contributed by atoms with Gasteiger partial charge in [0.25, 0.3) is 5.69 Å². The molecule has 2 amide bonds. The first kappa shape index (κ1) is 33.7. The number of amides is 2. The molecule has 3 aliphatic rings. The van der Waals surface area contributed by atoms with Crippen molar-refractivity contribution in [3.05, 3.63) is 97.5 Å². The maximum Gasteiger partial charge on any atom is 0.339 e. The van der Waals surface area contributed by atoms with Crippen LogP contribution in [0.15, 0.2) is 65.1 Å². The first-order chi connectivity index (χ1) is 23.4. The Morgan fingerprint density at radius 1 is 0.980 bits per heavy atom. The first-order valence-corrected chi connectivity index (χ1v) is 18.4. The molecule has 2 heterocycles. The highest BCUT2D eigenvalue weighted by molar-refractivity contribution is 9.12. The summed E-state index contributed by atoms with van der Waals surface area (Å²) >= 11 is 11.0. The molecule has 3 aromatic carbocycles. The molecule has 10 nitrogen and oxygen atoms in total. The van der Waals surface area contributed by atoms with E-state index < -0.39 is 23.3 Å². The number of ketones is 1. The number of aromatic nitrogens is 1. The Bertz CT molecular complexity index is 2070. The summed E-state index contributed by atoms with van der Waals surface area (Å²) < 4.78 is 6.22. The molecular formula is C36H28Br3N3O7. The minimum atomic E-state index is -0.759. The molecule has 0 N–H and O–H groups in total. The number of nitrogens with zero attached hydrogens (tertiary/aromatic N) is 3. The van der Waals surface area contributed by atoms with E-state index in [0.717, 1.165) is 16.5 Å². The number of halogens is 3. The Labute approximate surface area is 306 Å². The molecule has 2 aliphatic carbocycles. The summed E-state index contributed by atoms with van der Waals surface area (Å²) in [5.74, 6) is -2.11. The van der Waals surface area contributed by atoms with Crippen molar-refractivity contribution in [3.63, 3.8) is 0 Å². The van der Waals surface area contributed by atoms with Crippen molar-refractivity contribution in [2.45, 2.75) is 36.3 Å². The van der Waals surface area contributed by atoms with Gasteiger partial charge in [-0.3, -0.25) is 29.4 Å². The fourth-order valence-corrected chi connectivity index (χ4v) is 9.98. The molecule has 1 saturated heterocycles. The van der Waals surface area contributed by atoms with Gasteiger partial charge in [-0.1, -0.05) is 79.0 Å². The summed E-state index contributed by atoms with van der Waals surface area (Å²) in [6.07, 6.45) is 1.47. The van der Waals surface area contributed by atoms with Crippen LogP contribution in [0, 0.1) is 40.7 Å². The fraction of sp³-hybridized carbons (Fsp3) is 0.306. The summed E-state index contributed by atoms with van der Waals surface area (Å²) in [6, 6.07) is 16.4. The molecule has 0 spiro atoms. The van der Waals surface area contributed by atoms with Crippen molar-refractivity contribution in [1.82, 2.24) is 4.98 Å². The van der Waals surface area contributed by atoms with Crippen LogP contribution in [0.2, 0.25) is 0 Å². The molecule has 13 heteroatoms. The quantitative estimate of drug-likeness (QED) is 0.0438. The van der Waals surface area contributed by atoms with E-state index in [2.05, 4.69) is 47.8 Å². The average Bonchev–Trinajstić information content (AvgIpc) is 3.70. The SMILES string of the molecule is CCc1cc(Br)cc2c(C(=O)OCC(=O)c3ccc(C)c([N+](=O)[O-])c3)cc(-c3ccc(N4C(=O)C5C6CC(C(Br)C6Br)C5C4=O)cc3)nc12. The van der Waals surface area contributed by atoms with E-state index in [1.807, 2.05) is 13.0 Å². The number of pyridine rings is 1. The molecule has 6 unspecified atom stereocenters. The Morgan fingerprint density at radius 2 is 1.63 bits per heavy atom. The molecule has 1 aromatic heterocycles. The van der Waals surface area contributed by atoms with Gasteiger partial charge in [-0.25, -0.2) is 9.78 Å². The Kier molecular flexibility index (Phi) is 8.81. The number of alkyl halides is 2. The first-order valence-electron chi connectivity index (χ1n) is 15.7. The van der Waals surface area contributed by atoms with Crippen LogP contribution in [0.1, 0.15) is 45.2 Å². The van der Waals surface area contributed by atoms with Crippen molar-refractivity contribution < 1.29 is 28.8 Å². The van der Waals surface area contributed by atoms with Crippen LogP contribution in [0.3, 0.4) is 0 Å². The maximum atomic E-state index is 13.6. The zero-order valence-electron chi connectivity index (χ0n) is 26.2. The number of Topliss-reactive ketones (excluding diaryl/α,β-unsaturated/α-hetero) is 1. The number of nitro groups is 1. The van der Waals surface area contributed by atoms with Crippen LogP contribution in [-0.4, -0.2) is 49.7 Å². The third kappa shape index (κ3) is 5.63. The van der Waals surface area contributed by atoms with E-state index in [0.29, 0.717) is 39.8 Å². The predicted molar refractivity (Wildman–Crippen MR) is 193 cm³/mol. The number of hydrogen-bond acceptors (Lipinski definition) is 8. The maximum absolute atomic E-state index is 13.6. The van der Waals surface area contributed by atoms with Crippen molar-refractivity contribution in [2.24, 2.45) is 23.7 Å². The van der Waals surface area contributed by atoms with Crippen LogP contribution in [0.4, 0.5) is 11.4 Å². The molecule has 1 aliphatic heterocycles. The molecule has 49 heavy (non-hydrogen) atoms. The predicted octanol–water partition coefficient (Wildman–Crippen LogP) is 7.77. The molecule has 250 valence electrons. The second-order valence-corrected chi connectivity index (χ2v) is 15.7. The number of esters is 1. The molecular weight excluding hydrogens is 826 g/mol. The number of imide groups is 1. The summed E-state index contributed by atoms with van der Waals surface area (Å²) in [7, 11) is 0. The van der Waals surface area contributed by atoms with Crippen LogP contribution in [0.25, 0.3) is 22.2 Å². The Balaban J connectivity index is 1.19. The number of fused-ring (bicyclic) bond motifs is 6. The third-order valence-electron chi connectivity index (χ3n) is 10.0. The van der Waals surface area contributed by atoms with E-state index in [9.17, 15) is 29.3 Å². The van der Waals surface area contributed by atoms with E-state index in [4.69, 9.17) is 9.72 Å². The van der Waals surface area contributed by atoms with Crippen molar-refractivity contribution in [2.75, 3.05) is 11.5 Å². The van der Waals surface area contributed by atoms with Gasteiger partial charge in [0.05, 0.1) is 39.2 Å². The molecule has 0 radical (unpaired) electrons. The lowest BCUT2D eigenvalue weighted by Crippen LogP contribution is -2.37. The van der Waals surface area contributed by atoms with Gasteiger partial charge in [0.2, 0.25) is 17.6 Å². The molecule has 3 fully saturated rings. The monoisotopic (exact) mass is 851 g/mol. The number of hydrogen-bond donors (Lipinski definition) is 0. The lowest BCUT2D eigenvalue weighted by molar-refractivity contribution is -0.385. The number of ether oxygens (including phenoxy) is 1. The van der Waals surface area contributed by atoms with Crippen molar-refractivity contribution >= 4 is 93.6 Å². The van der Waals surface area contributed by atoms with Crippen LogP contribution in [0.5, 0.6) is 0 Å². The van der Waals surface area contributed by atoms with E-state index in [1.165, 1.54) is 23.1 Å². The second kappa shape index (κ2) is 12.8. The Morgan fingerprint density at radius 3 is 2.24 bits per heavy atom. The summed E-state index contributed by atoms with van der Waals surface area (Å²) in [5.41, 5.74) is 3.52. The van der Waals surface area contributed by atoms with Gasteiger partial charge >= 0.3 is 5.97 Å². The smallest absolute Gasteiger partial charge is 0.339 e. The standard InChI is InChI=1S/C36H28Br3N3O7/c1-3-17-10-20(37)12-22-23(36(46)49-15-28(43)19-5-4-16(2)27(11-19)42(47)48)14-26(40-33(17)22)18-6-8-21(9-7-18)41-34(44)29-24-13-25(30(29)35(41)45)32(39)31(24)38/h4-12,14,24-25,29-32H,3,13,15H2,1-2H3. The third-order valence-corrected chi connectivity index (χ3v) is 13.7.